The number of amides is 1. The van der Waals surface area contributed by atoms with Crippen molar-refractivity contribution >= 4 is 17.5 Å². The van der Waals surface area contributed by atoms with Crippen LogP contribution in [0.3, 0.4) is 0 Å². The van der Waals surface area contributed by atoms with Crippen molar-refractivity contribution in [1.29, 1.82) is 0 Å². The Labute approximate surface area is 143 Å². The van der Waals surface area contributed by atoms with Gasteiger partial charge in [-0.3, -0.25) is 4.79 Å². The summed E-state index contributed by atoms with van der Waals surface area (Å²) in [5, 5.41) is 15.6. The van der Waals surface area contributed by atoms with Crippen LogP contribution in [0.25, 0.3) is 0 Å². The number of hydrogen-bond donors (Lipinski definition) is 2. The van der Waals surface area contributed by atoms with Crippen molar-refractivity contribution in [3.63, 3.8) is 0 Å². The third kappa shape index (κ3) is 4.94. The lowest BCUT2D eigenvalue weighted by molar-refractivity contribution is 0.0902. The number of nitrogens with one attached hydrogen (secondary N) is 1. The predicted octanol–water partition coefficient (Wildman–Crippen LogP) is 2.79. The van der Waals surface area contributed by atoms with Gasteiger partial charge in [-0.1, -0.05) is 30.6 Å². The Morgan fingerprint density at radius 3 is 2.88 bits per heavy atom. The van der Waals surface area contributed by atoms with E-state index in [0.717, 1.165) is 6.07 Å². The number of ether oxygens (including phenoxy) is 1. The van der Waals surface area contributed by atoms with E-state index in [2.05, 4.69) is 10.5 Å². The van der Waals surface area contributed by atoms with Gasteiger partial charge in [0, 0.05) is 24.6 Å². The van der Waals surface area contributed by atoms with Gasteiger partial charge in [0.25, 0.3) is 5.91 Å². The first-order chi connectivity index (χ1) is 11.3. The van der Waals surface area contributed by atoms with Crippen LogP contribution in [0.4, 0.5) is 4.39 Å². The molecule has 0 atom stereocenters. The monoisotopic (exact) mass is 356 g/mol. The molecule has 2 N–H and O–H groups in total. The van der Waals surface area contributed by atoms with E-state index in [1.54, 1.807) is 0 Å². The molecule has 0 aliphatic rings. The molecule has 0 saturated carbocycles. The summed E-state index contributed by atoms with van der Waals surface area (Å²) in [6, 6.07) is 5.21. The molecule has 0 fully saturated rings. The van der Waals surface area contributed by atoms with Crippen LogP contribution in [0.2, 0.25) is 5.02 Å². The highest BCUT2D eigenvalue weighted by Gasteiger charge is 2.20. The second-order valence-corrected chi connectivity index (χ2v) is 6.45. The molecule has 0 radical (unpaired) electrons. The molecule has 2 aromatic rings. The molecule has 8 heteroatoms. The van der Waals surface area contributed by atoms with E-state index in [0.29, 0.717) is 18.1 Å². The molecule has 6 nitrogen and oxygen atoms in total. The van der Waals surface area contributed by atoms with E-state index in [-0.39, 0.29) is 23.9 Å². The van der Waals surface area contributed by atoms with Gasteiger partial charge in [-0.25, -0.2) is 4.39 Å². The molecule has 0 saturated heterocycles. The highest BCUT2D eigenvalue weighted by Crippen LogP contribution is 2.25. The van der Waals surface area contributed by atoms with E-state index in [1.165, 1.54) is 18.2 Å². The summed E-state index contributed by atoms with van der Waals surface area (Å²) in [5.74, 6) is -0.254. The standard InChI is InChI=1S/C16H18ClFN2O4/c1-16(2,9-21)8-19-15(22)13-6-11(24-20-13)7-23-14-4-3-10(18)5-12(14)17/h3-6,21H,7-9H2,1-2H3,(H,19,22). The number of nitrogens with zero attached hydrogens (tertiary/aromatic N) is 1. The van der Waals surface area contributed by atoms with E-state index >= 15 is 0 Å². The van der Waals surface area contributed by atoms with E-state index in [1.807, 2.05) is 13.8 Å². The number of carbonyl (C=O) groups excluding carboxylic acids is 1. The van der Waals surface area contributed by atoms with Gasteiger partial charge in [0.15, 0.2) is 11.5 Å². The highest BCUT2D eigenvalue weighted by atomic mass is 35.5. The smallest absolute Gasteiger partial charge is 0.273 e. The van der Waals surface area contributed by atoms with Gasteiger partial charge in [-0.2, -0.15) is 0 Å². The summed E-state index contributed by atoms with van der Waals surface area (Å²) in [6.45, 7) is 3.88. The Kier molecular flexibility index (Phi) is 5.80. The van der Waals surface area contributed by atoms with Gasteiger partial charge < -0.3 is 19.7 Å². The normalized spacial score (nSPS) is 11.4. The fourth-order valence-electron chi connectivity index (χ4n) is 1.70. The highest BCUT2D eigenvalue weighted by molar-refractivity contribution is 6.32. The number of halogens is 2. The molecule has 1 aromatic carbocycles. The molecule has 1 heterocycles. The topological polar surface area (TPSA) is 84.6 Å². The zero-order valence-corrected chi connectivity index (χ0v) is 14.1. The Morgan fingerprint density at radius 2 is 2.21 bits per heavy atom. The van der Waals surface area contributed by atoms with Gasteiger partial charge in [0.2, 0.25) is 0 Å². The van der Waals surface area contributed by atoms with Crippen molar-refractivity contribution in [2.24, 2.45) is 5.41 Å². The molecular formula is C16H18ClFN2O4. The largest absolute Gasteiger partial charge is 0.484 e. The zero-order chi connectivity index (χ0) is 17.7. The molecule has 130 valence electrons. The minimum Gasteiger partial charge on any atom is -0.484 e. The number of hydrogen-bond acceptors (Lipinski definition) is 5. The van der Waals surface area contributed by atoms with Crippen LogP contribution in [-0.2, 0) is 6.61 Å². The number of aromatic nitrogens is 1. The summed E-state index contributed by atoms with van der Waals surface area (Å²) in [7, 11) is 0. The molecule has 0 unspecified atom stereocenters. The quantitative estimate of drug-likeness (QED) is 0.796. The van der Waals surface area contributed by atoms with Crippen LogP contribution >= 0.6 is 11.6 Å². The first-order valence-corrected chi connectivity index (χ1v) is 7.61. The predicted molar refractivity (Wildman–Crippen MR) is 85.4 cm³/mol. The third-order valence-electron chi connectivity index (χ3n) is 3.21. The average molecular weight is 357 g/mol. The zero-order valence-electron chi connectivity index (χ0n) is 13.3. The van der Waals surface area contributed by atoms with Crippen LogP contribution in [0.1, 0.15) is 30.1 Å². The average Bonchev–Trinajstić information content (AvgIpc) is 3.01. The first kappa shape index (κ1) is 18.2. The van der Waals surface area contributed by atoms with Crippen LogP contribution in [0.5, 0.6) is 5.75 Å². The SMILES string of the molecule is CC(C)(CO)CNC(=O)c1cc(COc2ccc(F)cc2Cl)on1. The minimum absolute atomic E-state index is 0.00619. The van der Waals surface area contributed by atoms with E-state index < -0.39 is 17.1 Å². The Morgan fingerprint density at radius 1 is 1.46 bits per heavy atom. The van der Waals surface area contributed by atoms with Crippen molar-refractivity contribution in [3.8, 4) is 5.75 Å². The molecule has 2 rings (SSSR count). The second-order valence-electron chi connectivity index (χ2n) is 6.05. The molecule has 0 spiro atoms. The molecule has 0 aliphatic heterocycles. The minimum atomic E-state index is -0.461. The van der Waals surface area contributed by atoms with Crippen molar-refractivity contribution in [2.75, 3.05) is 13.2 Å². The fourth-order valence-corrected chi connectivity index (χ4v) is 1.92. The molecular weight excluding hydrogens is 339 g/mol. The summed E-state index contributed by atoms with van der Waals surface area (Å²) >= 11 is 5.85. The maximum atomic E-state index is 13.0. The summed E-state index contributed by atoms with van der Waals surface area (Å²) in [4.78, 5) is 12.0. The third-order valence-corrected chi connectivity index (χ3v) is 3.51. The Balaban J connectivity index is 1.92. The van der Waals surface area contributed by atoms with Crippen molar-refractivity contribution in [1.82, 2.24) is 10.5 Å². The lowest BCUT2D eigenvalue weighted by Gasteiger charge is -2.21. The van der Waals surface area contributed by atoms with Gasteiger partial charge >= 0.3 is 0 Å². The number of aliphatic hydroxyl groups is 1. The summed E-state index contributed by atoms with van der Waals surface area (Å²) < 4.78 is 23.4. The van der Waals surface area contributed by atoms with Crippen LogP contribution in [0.15, 0.2) is 28.8 Å². The van der Waals surface area contributed by atoms with Crippen molar-refractivity contribution in [2.45, 2.75) is 20.5 Å². The summed E-state index contributed by atoms with van der Waals surface area (Å²) in [6.07, 6.45) is 0. The summed E-state index contributed by atoms with van der Waals surface area (Å²) in [5.41, 5.74) is -0.322. The van der Waals surface area contributed by atoms with Gasteiger partial charge in [-0.05, 0) is 18.2 Å². The van der Waals surface area contributed by atoms with Gasteiger partial charge in [0.1, 0.15) is 18.2 Å². The number of aliphatic hydroxyl groups excluding tert-OH is 1. The van der Waals surface area contributed by atoms with Crippen molar-refractivity contribution in [3.05, 3.63) is 46.6 Å². The molecule has 24 heavy (non-hydrogen) atoms. The van der Waals surface area contributed by atoms with E-state index in [4.69, 9.17) is 26.0 Å². The number of benzene rings is 1. The fraction of sp³-hybridized carbons (Fsp3) is 0.375. The van der Waals surface area contributed by atoms with Gasteiger partial charge in [0.05, 0.1) is 5.02 Å². The molecule has 0 bridgehead atoms. The van der Waals surface area contributed by atoms with Gasteiger partial charge in [-0.15, -0.1) is 0 Å². The maximum absolute atomic E-state index is 13.0. The second kappa shape index (κ2) is 7.63. The number of carbonyl (C=O) groups is 1. The maximum Gasteiger partial charge on any atom is 0.273 e. The number of rotatable bonds is 7. The van der Waals surface area contributed by atoms with Crippen molar-refractivity contribution < 1.29 is 23.6 Å². The van der Waals surface area contributed by atoms with Crippen LogP contribution in [-0.4, -0.2) is 29.3 Å². The van der Waals surface area contributed by atoms with Crippen LogP contribution in [0, 0.1) is 11.2 Å². The Hall–Kier alpha value is -2.12. The van der Waals surface area contributed by atoms with Crippen LogP contribution < -0.4 is 10.1 Å². The van der Waals surface area contributed by atoms with E-state index in [9.17, 15) is 9.18 Å². The molecule has 0 aliphatic carbocycles. The lowest BCUT2D eigenvalue weighted by atomic mass is 9.95. The first-order valence-electron chi connectivity index (χ1n) is 7.23. The Bertz CT molecular complexity index is 718. The molecule has 1 aromatic heterocycles. The lowest BCUT2D eigenvalue weighted by Crippen LogP contribution is -2.36. The molecule has 1 amide bonds.